The molecule has 0 bridgehead atoms. The number of thioether (sulfide) groups is 1. The second-order valence-corrected chi connectivity index (χ2v) is 5.66. The molecule has 0 spiro atoms. The summed E-state index contributed by atoms with van der Waals surface area (Å²) >= 11 is 2.02. The van der Waals surface area contributed by atoms with Gasteiger partial charge in [-0.1, -0.05) is 12.5 Å². The Labute approximate surface area is 99.3 Å². The van der Waals surface area contributed by atoms with Gasteiger partial charge < -0.3 is 0 Å². The number of hydrogen-bond donors (Lipinski definition) is 0. The summed E-state index contributed by atoms with van der Waals surface area (Å²) in [5.74, 6) is 2.38. The highest BCUT2D eigenvalue weighted by atomic mass is 32.2. The molecule has 16 heavy (non-hydrogen) atoms. The van der Waals surface area contributed by atoms with E-state index < -0.39 is 0 Å². The molecule has 2 aromatic heterocycles. The fourth-order valence-corrected chi connectivity index (χ4v) is 3.48. The second kappa shape index (κ2) is 4.09. The molecule has 0 amide bonds. The summed E-state index contributed by atoms with van der Waals surface area (Å²) in [6, 6.07) is 4.13. The van der Waals surface area contributed by atoms with Crippen LogP contribution in [-0.4, -0.2) is 20.4 Å². The Morgan fingerprint density at radius 2 is 2.25 bits per heavy atom. The van der Waals surface area contributed by atoms with Crippen LogP contribution >= 0.6 is 11.8 Å². The van der Waals surface area contributed by atoms with Crippen molar-refractivity contribution in [3.05, 3.63) is 29.7 Å². The Balaban J connectivity index is 2.05. The number of fused-ring (bicyclic) bond motifs is 1. The van der Waals surface area contributed by atoms with Crippen LogP contribution in [0.5, 0.6) is 0 Å². The van der Waals surface area contributed by atoms with Gasteiger partial charge in [0.1, 0.15) is 0 Å². The maximum atomic E-state index is 4.35. The average molecular weight is 233 g/mol. The zero-order chi connectivity index (χ0) is 11.0. The van der Waals surface area contributed by atoms with Crippen LogP contribution in [0.15, 0.2) is 18.3 Å². The molecule has 3 nitrogen and oxygen atoms in total. The summed E-state index contributed by atoms with van der Waals surface area (Å²) in [6.07, 6.45) is 6.04. The fourth-order valence-electron chi connectivity index (χ4n) is 2.18. The molecule has 1 aliphatic heterocycles. The molecule has 0 N–H and O–H groups in total. The van der Waals surface area contributed by atoms with E-state index in [0.717, 1.165) is 11.5 Å². The van der Waals surface area contributed by atoms with Crippen molar-refractivity contribution in [2.75, 3.05) is 5.75 Å². The van der Waals surface area contributed by atoms with Crippen LogP contribution in [0.2, 0.25) is 0 Å². The highest BCUT2D eigenvalue weighted by Gasteiger charge is 2.21. The van der Waals surface area contributed by atoms with Crippen LogP contribution in [0.1, 0.15) is 35.9 Å². The number of pyridine rings is 1. The molecule has 0 aromatic carbocycles. The highest BCUT2D eigenvalue weighted by Crippen LogP contribution is 2.37. The number of rotatable bonds is 1. The molecule has 1 atom stereocenters. The van der Waals surface area contributed by atoms with Crippen molar-refractivity contribution in [3.8, 4) is 0 Å². The predicted molar refractivity (Wildman–Crippen MR) is 66.8 cm³/mol. The number of aryl methyl sites for hydroxylation is 1. The Hall–Kier alpha value is -1.03. The fraction of sp³-hybridized carbons (Fsp3) is 0.500. The lowest BCUT2D eigenvalue weighted by Gasteiger charge is -2.19. The van der Waals surface area contributed by atoms with Crippen LogP contribution in [0.3, 0.4) is 0 Å². The lowest BCUT2D eigenvalue weighted by atomic mass is 10.2. The first-order chi connectivity index (χ1) is 7.84. The molecule has 1 aliphatic rings. The van der Waals surface area contributed by atoms with Crippen molar-refractivity contribution in [2.24, 2.45) is 0 Å². The Morgan fingerprint density at radius 1 is 1.31 bits per heavy atom. The summed E-state index contributed by atoms with van der Waals surface area (Å²) in [5, 5.41) is 9.12. The lowest BCUT2D eigenvalue weighted by molar-refractivity contribution is 0.657. The van der Waals surface area contributed by atoms with E-state index in [1.54, 1.807) is 0 Å². The molecule has 1 saturated heterocycles. The van der Waals surface area contributed by atoms with Crippen molar-refractivity contribution in [3.63, 3.8) is 0 Å². The van der Waals surface area contributed by atoms with Crippen LogP contribution < -0.4 is 0 Å². The Bertz CT molecular complexity index is 500. The van der Waals surface area contributed by atoms with E-state index in [0.29, 0.717) is 5.25 Å². The van der Waals surface area contributed by atoms with Gasteiger partial charge in [0.15, 0.2) is 11.5 Å². The van der Waals surface area contributed by atoms with Gasteiger partial charge in [-0.25, -0.2) is 0 Å². The zero-order valence-corrected chi connectivity index (χ0v) is 10.2. The Kier molecular flexibility index (Phi) is 2.59. The molecule has 1 unspecified atom stereocenters. The zero-order valence-electron chi connectivity index (χ0n) is 9.39. The molecule has 3 heterocycles. The van der Waals surface area contributed by atoms with E-state index >= 15 is 0 Å². The first-order valence-electron chi connectivity index (χ1n) is 5.77. The third kappa shape index (κ3) is 1.71. The number of hydrogen-bond acceptors (Lipinski definition) is 3. The summed E-state index contributed by atoms with van der Waals surface area (Å²) in [6.45, 7) is 2.11. The first kappa shape index (κ1) is 10.1. The molecular weight excluding hydrogens is 218 g/mol. The quantitative estimate of drug-likeness (QED) is 0.758. The monoisotopic (exact) mass is 233 g/mol. The predicted octanol–water partition coefficient (Wildman–Crippen LogP) is 3.00. The van der Waals surface area contributed by atoms with Gasteiger partial charge in [-0.3, -0.25) is 4.40 Å². The van der Waals surface area contributed by atoms with Crippen molar-refractivity contribution >= 4 is 17.4 Å². The van der Waals surface area contributed by atoms with Gasteiger partial charge in [-0.15, -0.1) is 10.2 Å². The smallest absolute Gasteiger partial charge is 0.160 e. The van der Waals surface area contributed by atoms with E-state index in [4.69, 9.17) is 0 Å². The van der Waals surface area contributed by atoms with E-state index in [2.05, 4.69) is 33.8 Å². The van der Waals surface area contributed by atoms with E-state index in [9.17, 15) is 0 Å². The van der Waals surface area contributed by atoms with Crippen molar-refractivity contribution in [2.45, 2.75) is 31.4 Å². The maximum Gasteiger partial charge on any atom is 0.160 e. The van der Waals surface area contributed by atoms with E-state index in [1.807, 2.05) is 17.8 Å². The third-order valence-corrected chi connectivity index (χ3v) is 4.42. The molecule has 0 saturated carbocycles. The molecule has 84 valence electrons. The SMILES string of the molecule is Cc1ccc2nnc(C3CCCCS3)n2c1. The minimum absolute atomic E-state index is 0.533. The molecular formula is C12H15N3S. The minimum atomic E-state index is 0.533. The average Bonchev–Trinajstić information content (AvgIpc) is 2.73. The standard InChI is InChI=1S/C12H15N3S/c1-9-5-6-11-13-14-12(15(11)8-9)10-4-2-3-7-16-10/h5-6,8,10H,2-4,7H2,1H3. The minimum Gasteiger partial charge on any atom is -0.285 e. The summed E-state index contributed by atoms with van der Waals surface area (Å²) in [5.41, 5.74) is 2.22. The molecule has 2 aromatic rings. The van der Waals surface area contributed by atoms with Crippen molar-refractivity contribution in [1.29, 1.82) is 0 Å². The Morgan fingerprint density at radius 3 is 3.06 bits per heavy atom. The van der Waals surface area contributed by atoms with Gasteiger partial charge in [0, 0.05) is 6.20 Å². The normalized spacial score (nSPS) is 21.4. The second-order valence-electron chi connectivity index (χ2n) is 4.35. The first-order valence-corrected chi connectivity index (χ1v) is 6.82. The molecule has 3 rings (SSSR count). The largest absolute Gasteiger partial charge is 0.285 e. The number of nitrogens with zero attached hydrogens (tertiary/aromatic N) is 3. The molecule has 4 heteroatoms. The van der Waals surface area contributed by atoms with Crippen LogP contribution in [0.4, 0.5) is 0 Å². The van der Waals surface area contributed by atoms with Crippen LogP contribution in [0.25, 0.3) is 5.65 Å². The van der Waals surface area contributed by atoms with Gasteiger partial charge >= 0.3 is 0 Å². The van der Waals surface area contributed by atoms with Gasteiger partial charge in [0.25, 0.3) is 0 Å². The molecule has 1 fully saturated rings. The topological polar surface area (TPSA) is 30.2 Å². The number of aromatic nitrogens is 3. The van der Waals surface area contributed by atoms with Gasteiger partial charge in [-0.05, 0) is 37.1 Å². The van der Waals surface area contributed by atoms with Crippen LogP contribution in [-0.2, 0) is 0 Å². The van der Waals surface area contributed by atoms with Crippen molar-refractivity contribution in [1.82, 2.24) is 14.6 Å². The van der Waals surface area contributed by atoms with E-state index in [1.165, 1.54) is 30.6 Å². The van der Waals surface area contributed by atoms with Gasteiger partial charge in [0.2, 0.25) is 0 Å². The van der Waals surface area contributed by atoms with Gasteiger partial charge in [0.05, 0.1) is 5.25 Å². The highest BCUT2D eigenvalue weighted by molar-refractivity contribution is 7.99. The molecule has 0 radical (unpaired) electrons. The lowest BCUT2D eigenvalue weighted by Crippen LogP contribution is -2.06. The summed E-state index contributed by atoms with van der Waals surface area (Å²) in [7, 11) is 0. The van der Waals surface area contributed by atoms with Gasteiger partial charge in [-0.2, -0.15) is 11.8 Å². The van der Waals surface area contributed by atoms with Crippen molar-refractivity contribution < 1.29 is 0 Å². The third-order valence-electron chi connectivity index (χ3n) is 3.04. The summed E-state index contributed by atoms with van der Waals surface area (Å²) < 4.78 is 2.15. The maximum absolute atomic E-state index is 4.35. The van der Waals surface area contributed by atoms with Crippen LogP contribution in [0, 0.1) is 6.92 Å². The molecule has 0 aliphatic carbocycles. The van der Waals surface area contributed by atoms with E-state index in [-0.39, 0.29) is 0 Å². The summed E-state index contributed by atoms with van der Waals surface area (Å²) in [4.78, 5) is 0.